The second-order valence-electron chi connectivity index (χ2n) is 17.0. The molecule has 0 radical (unpaired) electrons. The number of nitrogens with zero attached hydrogens (tertiary/aromatic N) is 1. The Labute approximate surface area is 346 Å². The molecule has 0 aromatic carbocycles. The molecule has 0 N–H and O–H groups in total. The zero-order valence-corrected chi connectivity index (χ0v) is 38.4. The molecule has 0 aromatic rings. The van der Waals surface area contributed by atoms with E-state index in [4.69, 9.17) is 14.0 Å². The summed E-state index contributed by atoms with van der Waals surface area (Å²) < 4.78 is 30.3. The lowest BCUT2D eigenvalue weighted by atomic mass is 10.1. The molecule has 56 heavy (non-hydrogen) atoms. The first-order valence-electron chi connectivity index (χ1n) is 23.4. The molecule has 9 heteroatoms. The van der Waals surface area contributed by atoms with Gasteiger partial charge in [0, 0.05) is 19.3 Å². The minimum Gasteiger partial charge on any atom is -0.774 e. The zero-order chi connectivity index (χ0) is 41.6. The topological polar surface area (TPSA) is 102 Å². The third-order valence-electron chi connectivity index (χ3n) is 10.5. The van der Waals surface area contributed by atoms with Crippen LogP contribution in [-0.4, -0.2) is 62.7 Å². The van der Waals surface area contributed by atoms with Crippen LogP contribution in [0.2, 0.25) is 0 Å². The highest BCUT2D eigenvalue weighted by Gasteiger charge is 2.35. The van der Waals surface area contributed by atoms with Crippen LogP contribution < -0.4 is 4.89 Å². The quantitative estimate of drug-likeness (QED) is 0.0199. The maximum Gasteiger partial charge on any atom is 0.306 e. The normalized spacial score (nSPS) is 14.3. The van der Waals surface area contributed by atoms with Crippen molar-refractivity contribution < 1.29 is 37.5 Å². The van der Waals surface area contributed by atoms with E-state index in [1.807, 2.05) is 28.1 Å². The second kappa shape index (κ2) is 37.8. The number of esters is 2. The molecule has 0 aliphatic heterocycles. The van der Waals surface area contributed by atoms with Crippen LogP contribution in [0.25, 0.3) is 0 Å². The molecule has 2 unspecified atom stereocenters. The van der Waals surface area contributed by atoms with Crippen molar-refractivity contribution in [2.75, 3.05) is 34.4 Å². The third kappa shape index (κ3) is 34.6. The predicted octanol–water partition coefficient (Wildman–Crippen LogP) is 13.3. The van der Waals surface area contributed by atoms with Gasteiger partial charge in [-0.2, -0.15) is 0 Å². The average Bonchev–Trinajstić information content (AvgIpc) is 3.15. The summed E-state index contributed by atoms with van der Waals surface area (Å²) in [6, 6.07) is 0. The van der Waals surface area contributed by atoms with Gasteiger partial charge in [-0.05, 0) is 70.6 Å². The number of hydrogen-bond acceptors (Lipinski definition) is 7. The first-order valence-corrected chi connectivity index (χ1v) is 25.0. The highest BCUT2D eigenvalue weighted by molar-refractivity contribution is 7.51. The summed E-state index contributed by atoms with van der Waals surface area (Å²) in [6.07, 6.45) is 41.6. The molecule has 8 nitrogen and oxygen atoms in total. The summed E-state index contributed by atoms with van der Waals surface area (Å²) in [6.45, 7) is 5.96. The molecule has 0 bridgehead atoms. The van der Waals surface area contributed by atoms with Gasteiger partial charge in [0.05, 0.1) is 27.7 Å². The number of quaternary nitrogens is 1. The van der Waals surface area contributed by atoms with Gasteiger partial charge in [0.1, 0.15) is 6.61 Å². The number of carbonyl (C=O) groups is 2. The van der Waals surface area contributed by atoms with Crippen molar-refractivity contribution in [2.45, 2.75) is 232 Å². The lowest BCUT2D eigenvalue weighted by molar-refractivity contribution is -0.884. The number of ether oxygens (including phenoxy) is 2. The Balaban J connectivity index is 4.62. The van der Waals surface area contributed by atoms with Gasteiger partial charge < -0.3 is 27.9 Å². The Morgan fingerprint density at radius 2 is 0.911 bits per heavy atom. The first kappa shape index (κ1) is 54.5. The van der Waals surface area contributed by atoms with Gasteiger partial charge in [0.2, 0.25) is 0 Å². The maximum atomic E-state index is 13.3. The minimum absolute atomic E-state index is 0.214. The lowest BCUT2D eigenvalue weighted by Crippen LogP contribution is -2.47. The van der Waals surface area contributed by atoms with Crippen LogP contribution in [0.5, 0.6) is 0 Å². The number of unbranched alkanes of at least 4 members (excludes halogenated alkanes) is 23. The summed E-state index contributed by atoms with van der Waals surface area (Å²) in [7, 11) is 1.21. The van der Waals surface area contributed by atoms with E-state index < -0.39 is 25.5 Å². The van der Waals surface area contributed by atoms with Gasteiger partial charge >= 0.3 is 11.9 Å². The molecular weight excluding hydrogens is 721 g/mol. The van der Waals surface area contributed by atoms with Crippen molar-refractivity contribution >= 4 is 19.5 Å². The Bertz CT molecular complexity index is 1020. The first-order chi connectivity index (χ1) is 27.0. The lowest BCUT2D eigenvalue weighted by Gasteiger charge is -2.41. The molecule has 0 aromatic heterocycles. The van der Waals surface area contributed by atoms with Crippen LogP contribution in [0.1, 0.15) is 220 Å². The van der Waals surface area contributed by atoms with E-state index in [0.29, 0.717) is 12.8 Å². The highest BCUT2D eigenvalue weighted by atomic mass is 31.2. The van der Waals surface area contributed by atoms with E-state index in [1.54, 1.807) is 0 Å². The molecule has 0 spiro atoms. The largest absolute Gasteiger partial charge is 0.774 e. The molecule has 0 saturated heterocycles. The van der Waals surface area contributed by atoms with Crippen LogP contribution in [0.15, 0.2) is 24.3 Å². The van der Waals surface area contributed by atoms with E-state index in [2.05, 4.69) is 38.2 Å². The predicted molar refractivity (Wildman–Crippen MR) is 235 cm³/mol. The summed E-state index contributed by atoms with van der Waals surface area (Å²) in [5.74, 6) is -1.50. The van der Waals surface area contributed by atoms with Gasteiger partial charge in [-0.25, -0.2) is 0 Å². The summed E-state index contributed by atoms with van der Waals surface area (Å²) in [4.78, 5) is 38.8. The standard InChI is InChI=1S/C47H90NO7P/c1-7-10-13-15-17-19-21-23-25-27-29-31-33-35-37-40-46(49)53-42-44(43-54-56(51,52)45(39-12-9-3)48(4,5)6)55-47(50)41-38-36-34-32-30-28-26-24-22-20-18-16-14-11-8-2/h23-26,44-45H,7-22,27-43H2,1-6H3/b25-23-,26-24-/t44-,45?/m1/s1. The monoisotopic (exact) mass is 812 g/mol. The van der Waals surface area contributed by atoms with Gasteiger partial charge in [0.25, 0.3) is 0 Å². The van der Waals surface area contributed by atoms with Crippen molar-refractivity contribution in [1.29, 1.82) is 0 Å². The third-order valence-corrected chi connectivity index (χ3v) is 12.7. The fraction of sp³-hybridized carbons (Fsp3) is 0.872. The Morgan fingerprint density at radius 1 is 0.536 bits per heavy atom. The zero-order valence-electron chi connectivity index (χ0n) is 37.6. The van der Waals surface area contributed by atoms with Gasteiger partial charge in [-0.15, -0.1) is 0 Å². The van der Waals surface area contributed by atoms with E-state index >= 15 is 0 Å². The number of hydrogen-bond donors (Lipinski definition) is 0. The molecule has 0 aliphatic rings. The van der Waals surface area contributed by atoms with Crippen LogP contribution in [0, 0.1) is 0 Å². The number of rotatable bonds is 41. The van der Waals surface area contributed by atoms with Crippen molar-refractivity contribution in [2.24, 2.45) is 0 Å². The van der Waals surface area contributed by atoms with Crippen molar-refractivity contribution in [3.05, 3.63) is 24.3 Å². The minimum atomic E-state index is -4.32. The van der Waals surface area contributed by atoms with Crippen molar-refractivity contribution in [1.82, 2.24) is 0 Å². The second-order valence-corrected chi connectivity index (χ2v) is 19.0. The van der Waals surface area contributed by atoms with Crippen LogP contribution in [0.3, 0.4) is 0 Å². The maximum absolute atomic E-state index is 13.3. The number of carbonyl (C=O) groups excluding carboxylic acids is 2. The van der Waals surface area contributed by atoms with E-state index in [9.17, 15) is 19.0 Å². The molecule has 0 fully saturated rings. The van der Waals surface area contributed by atoms with E-state index in [-0.39, 0.29) is 36.5 Å². The summed E-state index contributed by atoms with van der Waals surface area (Å²) in [5, 5.41) is 0. The van der Waals surface area contributed by atoms with Crippen molar-refractivity contribution in [3.63, 3.8) is 0 Å². The van der Waals surface area contributed by atoms with Crippen LogP contribution >= 0.6 is 7.60 Å². The Kier molecular flexibility index (Phi) is 36.8. The Hall–Kier alpha value is -1.47. The molecule has 0 heterocycles. The summed E-state index contributed by atoms with van der Waals surface area (Å²) >= 11 is 0. The molecular formula is C47H90NO7P. The van der Waals surface area contributed by atoms with Gasteiger partial charge in [-0.1, -0.05) is 154 Å². The molecule has 0 amide bonds. The molecule has 3 atom stereocenters. The molecule has 330 valence electrons. The molecule has 0 aliphatic carbocycles. The molecule has 0 rings (SSSR count). The molecule has 0 saturated carbocycles. The van der Waals surface area contributed by atoms with E-state index in [0.717, 1.165) is 77.0 Å². The fourth-order valence-electron chi connectivity index (χ4n) is 6.93. The SMILES string of the molecule is CCCCCCCC/C=C\CCCCCCCC(=O)OC[C@H](COP(=O)([O-])C(CCCC)[N+](C)(C)C)OC(=O)CCCCCCC/C=C\CCCCCCCC. The van der Waals surface area contributed by atoms with Crippen LogP contribution in [0.4, 0.5) is 0 Å². The van der Waals surface area contributed by atoms with Crippen molar-refractivity contribution in [3.8, 4) is 0 Å². The average molecular weight is 812 g/mol. The summed E-state index contributed by atoms with van der Waals surface area (Å²) in [5.41, 5.74) is 0. The van der Waals surface area contributed by atoms with E-state index in [1.165, 1.54) is 96.3 Å². The van der Waals surface area contributed by atoms with Crippen LogP contribution in [-0.2, 0) is 28.2 Å². The number of allylic oxidation sites excluding steroid dienone is 4. The van der Waals surface area contributed by atoms with Gasteiger partial charge in [-0.3, -0.25) is 9.59 Å². The fourth-order valence-corrected chi connectivity index (χ4v) is 8.82. The Morgan fingerprint density at radius 3 is 1.32 bits per heavy atom. The smallest absolute Gasteiger partial charge is 0.306 e. The highest BCUT2D eigenvalue weighted by Crippen LogP contribution is 2.48. The van der Waals surface area contributed by atoms with Gasteiger partial charge in [0.15, 0.2) is 19.5 Å².